The van der Waals surface area contributed by atoms with Crippen LogP contribution in [-0.2, 0) is 15.0 Å². The summed E-state index contributed by atoms with van der Waals surface area (Å²) in [6.07, 6.45) is 2.98. The Hall–Kier alpha value is -4.81. The van der Waals surface area contributed by atoms with Crippen LogP contribution in [0.15, 0.2) is 127 Å². The minimum atomic E-state index is -2.37. The molecule has 0 aliphatic heterocycles. The Morgan fingerprint density at radius 2 is 1.03 bits per heavy atom. The quantitative estimate of drug-likeness (QED) is 0.0588. The zero-order valence-corrected chi connectivity index (χ0v) is 42.3. The Bertz CT molecular complexity index is 2460. The molecule has 0 radical (unpaired) electrons. The van der Waals surface area contributed by atoms with Crippen molar-refractivity contribution in [3.63, 3.8) is 0 Å². The lowest BCUT2D eigenvalue weighted by atomic mass is 9.98. The molecule has 6 nitrogen and oxygen atoms in total. The van der Waals surface area contributed by atoms with Gasteiger partial charge in [-0.3, -0.25) is 0 Å². The third-order valence-corrected chi connectivity index (χ3v) is 20.0. The summed E-state index contributed by atoms with van der Waals surface area (Å²) < 4.78 is 13.1. The molecule has 0 saturated heterocycles. The monoisotopic (exact) mass is 893 g/mol. The van der Waals surface area contributed by atoms with Gasteiger partial charge in [-0.2, -0.15) is 0 Å². The first-order valence-corrected chi connectivity index (χ1v) is 28.8. The lowest BCUT2D eigenvalue weighted by Gasteiger charge is -2.35. The van der Waals surface area contributed by atoms with Crippen LogP contribution in [0.5, 0.6) is 0 Å². The van der Waals surface area contributed by atoms with E-state index in [0.29, 0.717) is 12.8 Å². The zero-order valence-electron chi connectivity index (χ0n) is 40.3. The molecule has 6 aromatic carbocycles. The smallest absolute Gasteiger partial charge is 0.324 e. The number of rotatable bonds is 20. The number of anilines is 6. The van der Waals surface area contributed by atoms with Crippen LogP contribution in [0.4, 0.5) is 34.1 Å². The fourth-order valence-corrected chi connectivity index (χ4v) is 16.8. The molecule has 0 saturated carbocycles. The molecule has 0 amide bonds. The van der Waals surface area contributed by atoms with Gasteiger partial charge in [-0.15, -0.1) is 0 Å². The molecule has 6 aromatic rings. The third-order valence-electron chi connectivity index (χ3n) is 12.5. The summed E-state index contributed by atoms with van der Waals surface area (Å²) in [5, 5.41) is 19.8. The highest BCUT2D eigenvalue weighted by Gasteiger charge is 2.37. The van der Waals surface area contributed by atoms with Gasteiger partial charge in [-0.05, 0) is 222 Å². The number of aliphatic hydroxyl groups excluding tert-OH is 2. The Balaban J connectivity index is 1.22. The maximum absolute atomic E-state index is 10.2. The fraction of sp³-hybridized carbons (Fsp3) is 0.357. The predicted octanol–water partition coefficient (Wildman–Crippen LogP) is 14.9. The molecule has 338 valence electrons. The van der Waals surface area contributed by atoms with Crippen LogP contribution in [0, 0.1) is 41.5 Å². The van der Waals surface area contributed by atoms with Crippen molar-refractivity contribution in [2.24, 2.45) is 0 Å². The summed E-state index contributed by atoms with van der Waals surface area (Å²) in [4.78, 5) is 4.77. The number of aryl methyl sites for hydroxylation is 7. The summed E-state index contributed by atoms with van der Waals surface area (Å²) in [6.45, 7) is 21.7. The van der Waals surface area contributed by atoms with Gasteiger partial charge in [0.15, 0.2) is 8.32 Å². The van der Waals surface area contributed by atoms with Gasteiger partial charge >= 0.3 is 8.56 Å². The van der Waals surface area contributed by atoms with Crippen LogP contribution in [0.3, 0.4) is 0 Å². The standard InChI is InChI=1S/C56H72N2O4Si2/c1-40-17-14-20-50(33-40)57(51-21-15-18-41(2)34-51)55-28-25-48(36-44(55)5)49-26-29-56(45(6)37-49)58(52-22-16-19-42(3)35-52)53-27-24-47(43(4)38-53)30-32-63(9,10)62-64(11,61-8)31-13-12-23-54(60)39-46(7)59/h14-22,24-29,33-38,46,54,59-60H,12-13,23,30-32,39H2,1-11H3. The number of hydrogen-bond acceptors (Lipinski definition) is 6. The molecule has 0 aromatic heterocycles. The lowest BCUT2D eigenvalue weighted by molar-refractivity contribution is 0.0836. The van der Waals surface area contributed by atoms with Crippen molar-refractivity contribution >= 4 is 51.0 Å². The van der Waals surface area contributed by atoms with Gasteiger partial charge in [0.2, 0.25) is 0 Å². The van der Waals surface area contributed by atoms with Gasteiger partial charge in [-0.1, -0.05) is 67.4 Å². The number of aliphatic hydroxyl groups is 2. The third kappa shape index (κ3) is 12.7. The minimum Gasteiger partial charge on any atom is -0.436 e. The van der Waals surface area contributed by atoms with Crippen LogP contribution >= 0.6 is 0 Å². The summed E-state index contributed by atoms with van der Waals surface area (Å²) in [5.41, 5.74) is 18.0. The van der Waals surface area contributed by atoms with Crippen molar-refractivity contribution in [2.45, 2.75) is 125 Å². The second-order valence-corrected chi connectivity index (χ2v) is 27.0. The summed E-state index contributed by atoms with van der Waals surface area (Å²) in [6, 6.07) is 48.8. The van der Waals surface area contributed by atoms with Gasteiger partial charge in [0, 0.05) is 41.2 Å². The first-order chi connectivity index (χ1) is 30.4. The van der Waals surface area contributed by atoms with E-state index in [1.807, 2.05) is 0 Å². The molecule has 0 aliphatic rings. The normalized spacial score (nSPS) is 13.6. The molecular weight excluding hydrogens is 821 g/mol. The highest BCUT2D eigenvalue weighted by molar-refractivity contribution is 6.82. The van der Waals surface area contributed by atoms with Gasteiger partial charge in [-0.25, -0.2) is 0 Å². The van der Waals surface area contributed by atoms with E-state index in [0.717, 1.165) is 59.8 Å². The van der Waals surface area contributed by atoms with Crippen molar-refractivity contribution in [3.05, 3.63) is 166 Å². The Labute approximate surface area is 386 Å². The van der Waals surface area contributed by atoms with E-state index in [-0.39, 0.29) is 0 Å². The van der Waals surface area contributed by atoms with Crippen molar-refractivity contribution in [2.75, 3.05) is 16.9 Å². The second-order valence-electron chi connectivity index (χ2n) is 19.0. The Morgan fingerprint density at radius 3 is 1.45 bits per heavy atom. The zero-order chi connectivity index (χ0) is 46.2. The van der Waals surface area contributed by atoms with E-state index in [1.54, 1.807) is 14.0 Å². The van der Waals surface area contributed by atoms with Gasteiger partial charge in [0.25, 0.3) is 0 Å². The van der Waals surface area contributed by atoms with E-state index in [2.05, 4.69) is 198 Å². The maximum Gasteiger partial charge on any atom is 0.324 e. The molecule has 0 aliphatic carbocycles. The molecule has 0 fully saturated rings. The average molecular weight is 893 g/mol. The van der Waals surface area contributed by atoms with Gasteiger partial charge < -0.3 is 28.6 Å². The molecule has 64 heavy (non-hydrogen) atoms. The number of nitrogens with zero attached hydrogens (tertiary/aromatic N) is 2. The highest BCUT2D eigenvalue weighted by atomic mass is 28.4. The van der Waals surface area contributed by atoms with E-state index in [4.69, 9.17) is 8.54 Å². The molecule has 0 bridgehead atoms. The van der Waals surface area contributed by atoms with Gasteiger partial charge in [0.1, 0.15) is 0 Å². The van der Waals surface area contributed by atoms with E-state index < -0.39 is 29.1 Å². The van der Waals surface area contributed by atoms with Crippen LogP contribution in [0.25, 0.3) is 11.1 Å². The summed E-state index contributed by atoms with van der Waals surface area (Å²) in [5.74, 6) is 0. The molecule has 8 heteroatoms. The topological polar surface area (TPSA) is 65.4 Å². The molecule has 2 N–H and O–H groups in total. The van der Waals surface area contributed by atoms with E-state index >= 15 is 0 Å². The number of hydrogen-bond donors (Lipinski definition) is 2. The predicted molar refractivity (Wildman–Crippen MR) is 276 cm³/mol. The molecular formula is C56H72N2O4Si2. The van der Waals surface area contributed by atoms with Crippen LogP contribution < -0.4 is 9.80 Å². The van der Waals surface area contributed by atoms with Crippen LogP contribution in [0.2, 0.25) is 31.7 Å². The van der Waals surface area contributed by atoms with Crippen molar-refractivity contribution in [1.29, 1.82) is 0 Å². The molecule has 0 heterocycles. The Kier molecular flexibility index (Phi) is 16.3. The maximum atomic E-state index is 10.2. The first kappa shape index (κ1) is 48.6. The van der Waals surface area contributed by atoms with Crippen LogP contribution in [0.1, 0.15) is 71.6 Å². The number of benzene rings is 6. The molecule has 3 atom stereocenters. The van der Waals surface area contributed by atoms with Crippen molar-refractivity contribution in [1.82, 2.24) is 0 Å². The first-order valence-electron chi connectivity index (χ1n) is 23.2. The van der Waals surface area contributed by atoms with Crippen molar-refractivity contribution in [3.8, 4) is 11.1 Å². The SMILES string of the molecule is CO[Si](C)(CCCCC(O)CC(C)O)O[Si](C)(C)CCc1ccc(N(c2cccc(C)c2)c2ccc(-c3ccc(N(c4cccc(C)c4)c4cccc(C)c4)c(C)c3)cc2C)cc1C. The second kappa shape index (κ2) is 21.5. The summed E-state index contributed by atoms with van der Waals surface area (Å²) >= 11 is 0. The average Bonchev–Trinajstić information content (AvgIpc) is 3.23. The Morgan fingerprint density at radius 1 is 0.547 bits per heavy atom. The van der Waals surface area contributed by atoms with E-state index in [9.17, 15) is 10.2 Å². The summed E-state index contributed by atoms with van der Waals surface area (Å²) in [7, 11) is -2.64. The lowest BCUT2D eigenvalue weighted by Crippen LogP contribution is -2.48. The van der Waals surface area contributed by atoms with E-state index in [1.165, 1.54) is 55.8 Å². The molecule has 3 unspecified atom stereocenters. The number of unbranched alkanes of at least 4 members (excludes halogenated alkanes) is 1. The van der Waals surface area contributed by atoms with Crippen LogP contribution in [-0.4, -0.2) is 46.4 Å². The molecule has 6 rings (SSSR count). The fourth-order valence-electron chi connectivity index (χ4n) is 9.03. The highest BCUT2D eigenvalue weighted by Crippen LogP contribution is 2.42. The van der Waals surface area contributed by atoms with Gasteiger partial charge in [0.05, 0.1) is 12.2 Å². The minimum absolute atomic E-state index is 0.424. The molecule has 0 spiro atoms. The largest absolute Gasteiger partial charge is 0.436 e. The van der Waals surface area contributed by atoms with Crippen molar-refractivity contribution < 1.29 is 18.8 Å².